The number of esters is 4. The Morgan fingerprint density at radius 3 is 1.71 bits per heavy atom. The molecule has 0 unspecified atom stereocenters. The first kappa shape index (κ1) is 20.2. The van der Waals surface area contributed by atoms with Gasteiger partial charge in [0.25, 0.3) is 0 Å². The third-order valence-corrected chi connectivity index (χ3v) is 3.38. The highest BCUT2D eigenvalue weighted by Crippen LogP contribution is 2.30. The smallest absolute Gasteiger partial charge is 0.303 e. The van der Waals surface area contributed by atoms with E-state index < -0.39 is 53.7 Å². The van der Waals surface area contributed by atoms with E-state index in [1.807, 2.05) is 0 Å². The second-order valence-corrected chi connectivity index (χ2v) is 5.60. The summed E-state index contributed by atoms with van der Waals surface area (Å²) in [6.07, 6.45) is -4.35. The van der Waals surface area contributed by atoms with E-state index in [4.69, 9.17) is 23.7 Å². The fourth-order valence-electron chi connectivity index (χ4n) is 2.21. The molecular formula is C14H20O9S. The van der Waals surface area contributed by atoms with Crippen LogP contribution in [-0.2, 0) is 42.9 Å². The average Bonchev–Trinajstić information content (AvgIpc) is 2.42. The number of rotatable bonds is 5. The molecule has 0 N–H and O–H groups in total. The van der Waals surface area contributed by atoms with Gasteiger partial charge in [-0.3, -0.25) is 19.2 Å². The van der Waals surface area contributed by atoms with Crippen LogP contribution in [-0.4, -0.2) is 60.3 Å². The van der Waals surface area contributed by atoms with Gasteiger partial charge < -0.3 is 23.7 Å². The maximum atomic E-state index is 11.4. The summed E-state index contributed by atoms with van der Waals surface area (Å²) in [5.41, 5.74) is -0.981. The normalized spacial score (nSPS) is 29.3. The van der Waals surface area contributed by atoms with Gasteiger partial charge in [0, 0.05) is 27.7 Å². The van der Waals surface area contributed by atoms with Crippen molar-refractivity contribution in [2.75, 3.05) is 6.61 Å². The predicted octanol–water partition coefficient (Wildman–Crippen LogP) is -0.000700. The van der Waals surface area contributed by atoms with E-state index in [1.54, 1.807) is 0 Å². The molecule has 0 aromatic rings. The number of hydrogen-bond donors (Lipinski definition) is 1. The Bertz CT molecular complexity index is 506. The molecule has 0 aromatic heterocycles. The predicted molar refractivity (Wildman–Crippen MR) is 80.9 cm³/mol. The second-order valence-electron chi connectivity index (χ2n) is 5.09. The molecule has 1 saturated heterocycles. The number of hydrogen-bond acceptors (Lipinski definition) is 10. The molecule has 24 heavy (non-hydrogen) atoms. The number of ether oxygens (including phenoxy) is 5. The Morgan fingerprint density at radius 1 is 0.792 bits per heavy atom. The van der Waals surface area contributed by atoms with Crippen molar-refractivity contribution >= 4 is 36.5 Å². The van der Waals surface area contributed by atoms with Gasteiger partial charge >= 0.3 is 23.9 Å². The summed E-state index contributed by atoms with van der Waals surface area (Å²) in [5, 5.41) is 0. The summed E-state index contributed by atoms with van der Waals surface area (Å²) < 4.78 is 25.8. The lowest BCUT2D eigenvalue weighted by atomic mass is 9.99. The minimum Gasteiger partial charge on any atom is -0.463 e. The van der Waals surface area contributed by atoms with Crippen molar-refractivity contribution in [3.63, 3.8) is 0 Å². The van der Waals surface area contributed by atoms with E-state index in [-0.39, 0.29) is 6.61 Å². The highest BCUT2D eigenvalue weighted by Gasteiger charge is 2.51. The van der Waals surface area contributed by atoms with Crippen molar-refractivity contribution in [2.45, 2.75) is 57.5 Å². The van der Waals surface area contributed by atoms with Gasteiger partial charge in [-0.05, 0) is 0 Å². The Labute approximate surface area is 144 Å². The van der Waals surface area contributed by atoms with Crippen LogP contribution in [0.25, 0.3) is 0 Å². The number of thiol groups is 1. The van der Waals surface area contributed by atoms with E-state index >= 15 is 0 Å². The van der Waals surface area contributed by atoms with E-state index in [1.165, 1.54) is 6.92 Å². The zero-order chi connectivity index (χ0) is 18.4. The second kappa shape index (κ2) is 8.88. The van der Waals surface area contributed by atoms with Gasteiger partial charge in [-0.1, -0.05) is 0 Å². The summed E-state index contributed by atoms with van der Waals surface area (Å²) in [4.78, 5) is 45.1. The third-order valence-electron chi connectivity index (χ3n) is 2.97. The standard InChI is InChI=1S/C14H20O9S/c1-6(15)19-5-10-11(20-7(2)16)12(21-8(3)17)13(14(24)23-10)22-9(4)18/h10-14,24H,5H2,1-4H3/t10-,11-,12-,13+,14+/m0/s1. The van der Waals surface area contributed by atoms with Crippen molar-refractivity contribution in [3.8, 4) is 0 Å². The monoisotopic (exact) mass is 364 g/mol. The average molecular weight is 364 g/mol. The molecule has 0 amide bonds. The molecule has 1 aliphatic heterocycles. The van der Waals surface area contributed by atoms with E-state index in [0.717, 1.165) is 20.8 Å². The first-order valence-electron chi connectivity index (χ1n) is 7.10. The van der Waals surface area contributed by atoms with E-state index in [0.29, 0.717) is 0 Å². The van der Waals surface area contributed by atoms with Crippen LogP contribution in [0.5, 0.6) is 0 Å². The molecule has 0 spiro atoms. The highest BCUT2D eigenvalue weighted by atomic mass is 32.1. The van der Waals surface area contributed by atoms with Crippen LogP contribution in [0.4, 0.5) is 0 Å². The third kappa shape index (κ3) is 6.00. The fourth-order valence-corrected chi connectivity index (χ4v) is 2.59. The lowest BCUT2D eigenvalue weighted by Gasteiger charge is -2.42. The van der Waals surface area contributed by atoms with E-state index in [9.17, 15) is 19.2 Å². The van der Waals surface area contributed by atoms with Crippen molar-refractivity contribution in [2.24, 2.45) is 0 Å². The molecule has 5 atom stereocenters. The topological polar surface area (TPSA) is 114 Å². The maximum Gasteiger partial charge on any atom is 0.303 e. The molecule has 0 saturated carbocycles. The Morgan fingerprint density at radius 2 is 1.25 bits per heavy atom. The number of carbonyl (C=O) groups is 4. The van der Waals surface area contributed by atoms with Gasteiger partial charge in [-0.2, -0.15) is 0 Å². The molecule has 1 fully saturated rings. The van der Waals surface area contributed by atoms with Crippen LogP contribution in [0.1, 0.15) is 27.7 Å². The van der Waals surface area contributed by atoms with Gasteiger partial charge in [0.2, 0.25) is 0 Å². The lowest BCUT2D eigenvalue weighted by molar-refractivity contribution is -0.237. The molecule has 0 radical (unpaired) electrons. The van der Waals surface area contributed by atoms with E-state index in [2.05, 4.69) is 12.6 Å². The van der Waals surface area contributed by atoms with Gasteiger partial charge in [0.05, 0.1) is 0 Å². The van der Waals surface area contributed by atoms with Crippen molar-refractivity contribution < 1.29 is 42.9 Å². The largest absolute Gasteiger partial charge is 0.463 e. The molecular weight excluding hydrogens is 344 g/mol. The van der Waals surface area contributed by atoms with Crippen molar-refractivity contribution in [1.82, 2.24) is 0 Å². The quantitative estimate of drug-likeness (QED) is 0.409. The zero-order valence-corrected chi connectivity index (χ0v) is 14.6. The molecule has 136 valence electrons. The fraction of sp³-hybridized carbons (Fsp3) is 0.714. The Hall–Kier alpha value is -1.81. The minimum atomic E-state index is -1.16. The van der Waals surface area contributed by atoms with Gasteiger partial charge in [0.1, 0.15) is 18.1 Å². The first-order valence-corrected chi connectivity index (χ1v) is 7.62. The molecule has 1 aliphatic rings. The summed E-state index contributed by atoms with van der Waals surface area (Å²) in [6.45, 7) is 4.42. The van der Waals surface area contributed by atoms with Crippen LogP contribution in [0.15, 0.2) is 0 Å². The Balaban J connectivity index is 3.11. The molecule has 0 bridgehead atoms. The molecule has 0 aromatic carbocycles. The van der Waals surface area contributed by atoms with Crippen molar-refractivity contribution in [1.29, 1.82) is 0 Å². The Kier molecular flexibility index (Phi) is 7.49. The summed E-state index contributed by atoms with van der Waals surface area (Å²) >= 11 is 4.18. The summed E-state index contributed by atoms with van der Waals surface area (Å²) in [5.74, 6) is -2.57. The maximum absolute atomic E-state index is 11.4. The van der Waals surface area contributed by atoms with Gasteiger partial charge in [-0.15, -0.1) is 12.6 Å². The van der Waals surface area contributed by atoms with Crippen LogP contribution < -0.4 is 0 Å². The SMILES string of the molecule is CC(=O)OC[C@@H]1O[C@H](S)[C@H](OC(C)=O)[C@@H](OC(C)=O)[C@H]1OC(C)=O. The first-order chi connectivity index (χ1) is 11.1. The molecule has 1 heterocycles. The lowest BCUT2D eigenvalue weighted by Crippen LogP contribution is -2.61. The molecule has 10 heteroatoms. The molecule has 1 rings (SSSR count). The highest BCUT2D eigenvalue weighted by molar-refractivity contribution is 7.80. The number of carbonyl (C=O) groups excluding carboxylic acids is 4. The molecule has 0 aliphatic carbocycles. The van der Waals surface area contributed by atoms with Crippen LogP contribution in [0.3, 0.4) is 0 Å². The molecule has 9 nitrogen and oxygen atoms in total. The van der Waals surface area contributed by atoms with Crippen LogP contribution >= 0.6 is 12.6 Å². The van der Waals surface area contributed by atoms with Crippen molar-refractivity contribution in [3.05, 3.63) is 0 Å². The van der Waals surface area contributed by atoms with Gasteiger partial charge in [-0.25, -0.2) is 0 Å². The van der Waals surface area contributed by atoms with Gasteiger partial charge in [0.15, 0.2) is 18.3 Å². The van der Waals surface area contributed by atoms with Crippen LogP contribution in [0, 0.1) is 0 Å². The minimum absolute atomic E-state index is 0.255. The zero-order valence-electron chi connectivity index (χ0n) is 13.7. The van der Waals surface area contributed by atoms with Crippen LogP contribution in [0.2, 0.25) is 0 Å². The summed E-state index contributed by atoms with van der Waals surface area (Å²) in [6, 6.07) is 0. The summed E-state index contributed by atoms with van der Waals surface area (Å²) in [7, 11) is 0.